The average molecular weight is 412 g/mol. The van der Waals surface area contributed by atoms with Crippen molar-refractivity contribution in [3.8, 4) is 17.2 Å². The normalized spacial score (nSPS) is 23.4. The van der Waals surface area contributed by atoms with E-state index in [-0.39, 0.29) is 24.0 Å². The second kappa shape index (κ2) is 8.93. The number of hydrogen-bond donors (Lipinski definition) is 2. The Bertz CT molecular complexity index is 887. The van der Waals surface area contributed by atoms with E-state index in [0.29, 0.717) is 6.42 Å². The molecule has 2 heterocycles. The van der Waals surface area contributed by atoms with Gasteiger partial charge in [-0.1, -0.05) is 18.2 Å². The Morgan fingerprint density at radius 1 is 0.967 bits per heavy atom. The Morgan fingerprint density at radius 3 is 2.40 bits per heavy atom. The van der Waals surface area contributed by atoms with Crippen LogP contribution in [0.1, 0.15) is 42.5 Å². The highest BCUT2D eigenvalue weighted by molar-refractivity contribution is 5.83. The maximum Gasteiger partial charge on any atom is 0.241 e. The summed E-state index contributed by atoms with van der Waals surface area (Å²) < 4.78 is 16.1. The molecule has 2 aromatic carbocycles. The molecule has 7 heteroatoms. The largest absolute Gasteiger partial charge is 0.497 e. The summed E-state index contributed by atoms with van der Waals surface area (Å²) in [5, 5.41) is 0. The van der Waals surface area contributed by atoms with E-state index in [4.69, 9.17) is 14.2 Å². The molecule has 160 valence electrons. The number of ether oxygens (including phenoxy) is 3. The third-order valence-corrected chi connectivity index (χ3v) is 6.05. The molecule has 4 rings (SSSR count). The number of hydrogen-bond acceptors (Lipinski definition) is 6. The van der Waals surface area contributed by atoms with Crippen molar-refractivity contribution in [1.29, 1.82) is 0 Å². The van der Waals surface area contributed by atoms with Crippen molar-refractivity contribution in [2.75, 3.05) is 27.9 Å². The number of amides is 1. The van der Waals surface area contributed by atoms with E-state index in [9.17, 15) is 4.79 Å². The maximum absolute atomic E-state index is 13.3. The van der Waals surface area contributed by atoms with Crippen LogP contribution in [0.5, 0.6) is 17.2 Å². The van der Waals surface area contributed by atoms with Crippen LogP contribution in [0.25, 0.3) is 0 Å². The number of rotatable bonds is 6. The van der Waals surface area contributed by atoms with E-state index >= 15 is 0 Å². The van der Waals surface area contributed by atoms with Crippen LogP contribution in [0, 0.1) is 0 Å². The monoisotopic (exact) mass is 411 g/mol. The maximum atomic E-state index is 13.3. The summed E-state index contributed by atoms with van der Waals surface area (Å²) in [7, 11) is 4.94. The Balaban J connectivity index is 1.46. The lowest BCUT2D eigenvalue weighted by Gasteiger charge is -2.27. The van der Waals surface area contributed by atoms with Gasteiger partial charge in [-0.25, -0.2) is 10.9 Å². The van der Waals surface area contributed by atoms with Crippen LogP contribution in [0.3, 0.4) is 0 Å². The first-order valence-corrected chi connectivity index (χ1v) is 10.3. The Kier molecular flexibility index (Phi) is 6.11. The van der Waals surface area contributed by atoms with Gasteiger partial charge in [0.1, 0.15) is 23.3 Å². The summed E-state index contributed by atoms with van der Waals surface area (Å²) in [6, 6.07) is 13.6. The van der Waals surface area contributed by atoms with E-state index in [0.717, 1.165) is 47.8 Å². The predicted molar refractivity (Wildman–Crippen MR) is 114 cm³/mol. The van der Waals surface area contributed by atoms with Gasteiger partial charge in [0.05, 0.1) is 33.4 Å². The molecule has 0 aliphatic carbocycles. The highest BCUT2D eigenvalue weighted by Gasteiger charge is 2.38. The Labute approximate surface area is 177 Å². The zero-order valence-corrected chi connectivity index (χ0v) is 17.7. The molecule has 1 amide bonds. The molecular weight excluding hydrogens is 382 g/mol. The van der Waals surface area contributed by atoms with Crippen molar-refractivity contribution < 1.29 is 19.0 Å². The molecule has 0 radical (unpaired) electrons. The molecule has 0 bridgehead atoms. The summed E-state index contributed by atoms with van der Waals surface area (Å²) >= 11 is 0. The topological polar surface area (TPSA) is 72.1 Å². The van der Waals surface area contributed by atoms with Crippen molar-refractivity contribution in [3.63, 3.8) is 0 Å². The van der Waals surface area contributed by atoms with E-state index < -0.39 is 0 Å². The molecule has 30 heavy (non-hydrogen) atoms. The Hall–Kier alpha value is -2.77. The summed E-state index contributed by atoms with van der Waals surface area (Å²) in [6.45, 7) is 0.782. The molecule has 2 aliphatic heterocycles. The van der Waals surface area contributed by atoms with Crippen LogP contribution in [0.2, 0.25) is 0 Å². The SMILES string of the molecule is COc1ccc(C2CCCN2C(=O)C2CC(c3ccc(OC)cc3OC)NN2)cc1. The molecule has 2 fully saturated rings. The van der Waals surface area contributed by atoms with Crippen LogP contribution in [0.15, 0.2) is 42.5 Å². The highest BCUT2D eigenvalue weighted by atomic mass is 16.5. The minimum Gasteiger partial charge on any atom is -0.497 e. The Morgan fingerprint density at radius 2 is 1.70 bits per heavy atom. The molecule has 2 saturated heterocycles. The van der Waals surface area contributed by atoms with Gasteiger partial charge in [-0.05, 0) is 43.0 Å². The predicted octanol–water partition coefficient (Wildman–Crippen LogP) is 2.98. The molecule has 2 aromatic rings. The van der Waals surface area contributed by atoms with Crippen LogP contribution in [0.4, 0.5) is 0 Å². The van der Waals surface area contributed by atoms with Crippen LogP contribution in [-0.2, 0) is 4.79 Å². The second-order valence-electron chi connectivity index (χ2n) is 7.70. The van der Waals surface area contributed by atoms with Crippen molar-refractivity contribution in [2.45, 2.75) is 37.4 Å². The molecule has 0 saturated carbocycles. The van der Waals surface area contributed by atoms with E-state index in [2.05, 4.69) is 23.0 Å². The van der Waals surface area contributed by atoms with E-state index in [1.165, 1.54) is 0 Å². The lowest BCUT2D eigenvalue weighted by Crippen LogP contribution is -2.45. The third-order valence-electron chi connectivity index (χ3n) is 6.05. The number of nitrogens with one attached hydrogen (secondary N) is 2. The summed E-state index contributed by atoms with van der Waals surface area (Å²) in [6.07, 6.45) is 2.65. The molecule has 0 aromatic heterocycles. The molecule has 3 unspecified atom stereocenters. The van der Waals surface area contributed by atoms with Gasteiger partial charge in [-0.15, -0.1) is 0 Å². The van der Waals surface area contributed by atoms with Crippen LogP contribution < -0.4 is 25.1 Å². The standard InChI is InChI=1S/C23H29N3O4/c1-28-16-8-6-15(7-9-16)21-5-4-12-26(21)23(27)20-14-19(24-25-20)18-11-10-17(29-2)13-22(18)30-3/h6-11,13,19-21,24-25H,4-5,12,14H2,1-3H3. The zero-order valence-electron chi connectivity index (χ0n) is 17.7. The van der Waals surface area contributed by atoms with Crippen molar-refractivity contribution in [3.05, 3.63) is 53.6 Å². The first-order chi connectivity index (χ1) is 14.6. The van der Waals surface area contributed by atoms with Gasteiger partial charge in [-0.2, -0.15) is 0 Å². The van der Waals surface area contributed by atoms with Gasteiger partial charge in [-0.3, -0.25) is 4.79 Å². The molecule has 2 aliphatic rings. The van der Waals surface area contributed by atoms with Crippen molar-refractivity contribution in [2.24, 2.45) is 0 Å². The van der Waals surface area contributed by atoms with Gasteiger partial charge in [0.2, 0.25) is 5.91 Å². The minimum absolute atomic E-state index is 0.0122. The quantitative estimate of drug-likeness (QED) is 0.762. The molecule has 2 N–H and O–H groups in total. The van der Waals surface area contributed by atoms with Crippen molar-refractivity contribution in [1.82, 2.24) is 15.8 Å². The fraction of sp³-hybridized carbons (Fsp3) is 0.435. The molecular formula is C23H29N3O4. The summed E-state index contributed by atoms with van der Waals surface area (Å²) in [4.78, 5) is 15.3. The number of benzene rings is 2. The van der Waals surface area contributed by atoms with E-state index in [1.54, 1.807) is 21.3 Å². The average Bonchev–Trinajstić information content (AvgIpc) is 3.48. The number of methoxy groups -OCH3 is 3. The summed E-state index contributed by atoms with van der Waals surface area (Å²) in [5.74, 6) is 2.45. The number of hydrazine groups is 1. The van der Waals surface area contributed by atoms with Crippen molar-refractivity contribution >= 4 is 5.91 Å². The number of nitrogens with zero attached hydrogens (tertiary/aromatic N) is 1. The molecule has 3 atom stereocenters. The second-order valence-corrected chi connectivity index (χ2v) is 7.70. The first-order valence-electron chi connectivity index (χ1n) is 10.3. The lowest BCUT2D eigenvalue weighted by molar-refractivity contribution is -0.134. The molecule has 0 spiro atoms. The number of carbonyl (C=O) groups excluding carboxylic acids is 1. The number of carbonyl (C=O) groups is 1. The van der Waals surface area contributed by atoms with Gasteiger partial charge in [0.15, 0.2) is 0 Å². The fourth-order valence-electron chi connectivity index (χ4n) is 4.43. The van der Waals surface area contributed by atoms with Gasteiger partial charge >= 0.3 is 0 Å². The zero-order chi connectivity index (χ0) is 21.1. The van der Waals surface area contributed by atoms with Gasteiger partial charge in [0.25, 0.3) is 0 Å². The third kappa shape index (κ3) is 3.95. The first kappa shape index (κ1) is 20.5. The van der Waals surface area contributed by atoms with Gasteiger partial charge < -0.3 is 19.1 Å². The minimum atomic E-state index is -0.277. The molecule has 7 nitrogen and oxygen atoms in total. The van der Waals surface area contributed by atoms with Crippen LogP contribution >= 0.6 is 0 Å². The lowest BCUT2D eigenvalue weighted by atomic mass is 9.99. The van der Waals surface area contributed by atoms with Crippen LogP contribution in [-0.4, -0.2) is 44.7 Å². The highest BCUT2D eigenvalue weighted by Crippen LogP contribution is 2.36. The fourth-order valence-corrected chi connectivity index (χ4v) is 4.43. The smallest absolute Gasteiger partial charge is 0.241 e. The summed E-state index contributed by atoms with van der Waals surface area (Å²) in [5.41, 5.74) is 8.64. The van der Waals surface area contributed by atoms with E-state index in [1.807, 2.05) is 35.2 Å². The van der Waals surface area contributed by atoms with Gasteiger partial charge in [0, 0.05) is 18.2 Å². The number of likely N-dealkylation sites (tertiary alicyclic amines) is 1.